The zero-order valence-corrected chi connectivity index (χ0v) is 23.1. The van der Waals surface area contributed by atoms with Gasteiger partial charge in [0.2, 0.25) is 17.8 Å². The highest BCUT2D eigenvalue weighted by Gasteiger charge is 2.34. The van der Waals surface area contributed by atoms with Crippen molar-refractivity contribution in [3.63, 3.8) is 0 Å². The molecule has 1 saturated heterocycles. The summed E-state index contributed by atoms with van der Waals surface area (Å²) in [6.07, 6.45) is 10.7. The van der Waals surface area contributed by atoms with E-state index in [1.54, 1.807) is 18.7 Å². The van der Waals surface area contributed by atoms with Crippen LogP contribution in [0.2, 0.25) is 5.02 Å². The van der Waals surface area contributed by atoms with Crippen LogP contribution in [0.1, 0.15) is 31.2 Å². The number of likely N-dealkylation sites (tertiary alicyclic amines) is 1. The molecule has 0 aliphatic carbocycles. The van der Waals surface area contributed by atoms with E-state index in [0.29, 0.717) is 42.8 Å². The highest BCUT2D eigenvalue weighted by Crippen LogP contribution is 2.31. The molecule has 4 aliphatic heterocycles. The van der Waals surface area contributed by atoms with Crippen LogP contribution in [-0.4, -0.2) is 76.9 Å². The number of hydrogen-bond acceptors (Lipinski definition) is 9. The molecule has 2 aromatic rings. The van der Waals surface area contributed by atoms with Crippen molar-refractivity contribution in [1.82, 2.24) is 19.8 Å². The predicted octanol–water partition coefficient (Wildman–Crippen LogP) is 3.68. The van der Waals surface area contributed by atoms with Crippen molar-refractivity contribution in [3.05, 3.63) is 46.9 Å². The van der Waals surface area contributed by atoms with Gasteiger partial charge < -0.3 is 25.8 Å². The molecule has 1 aromatic heterocycles. The lowest BCUT2D eigenvalue weighted by atomic mass is 9.94. The predicted molar refractivity (Wildman–Crippen MR) is 156 cm³/mol. The number of fused-ring (bicyclic) bond motifs is 6. The molecule has 11 nitrogen and oxygen atoms in total. The molecule has 6 bridgehead atoms. The Kier molecular flexibility index (Phi) is 7.38. The molecule has 6 rings (SSSR count). The Labute approximate surface area is 237 Å². The number of allylic oxidation sites excluding steroid dienone is 1. The Morgan fingerprint density at radius 2 is 2.12 bits per heavy atom. The van der Waals surface area contributed by atoms with Crippen LogP contribution in [0.15, 0.2) is 46.3 Å². The first-order valence-electron chi connectivity index (χ1n) is 13.6. The number of anilines is 4. The summed E-state index contributed by atoms with van der Waals surface area (Å²) in [7, 11) is 1.87. The van der Waals surface area contributed by atoms with Gasteiger partial charge in [-0.1, -0.05) is 11.6 Å². The SMILES string of the molecule is CN1C=NCC1C(=O)N1CC[C@@H](CC(=O)Nc2ccc3cc2CCC2C=NC=C(C2)Nc2ncc(Cl)c(n2)N3)C1. The van der Waals surface area contributed by atoms with Gasteiger partial charge in [-0.25, -0.2) is 4.98 Å². The fourth-order valence-electron chi connectivity index (χ4n) is 5.65. The Hall–Kier alpha value is -3.99. The first kappa shape index (κ1) is 26.2. The number of nitrogens with zero attached hydrogens (tertiary/aromatic N) is 6. The maximum Gasteiger partial charge on any atom is 0.247 e. The molecule has 0 radical (unpaired) electrons. The second-order valence-corrected chi connectivity index (χ2v) is 11.2. The van der Waals surface area contributed by atoms with E-state index < -0.39 is 0 Å². The summed E-state index contributed by atoms with van der Waals surface area (Å²) in [5.41, 5.74) is 3.57. The van der Waals surface area contributed by atoms with Crippen molar-refractivity contribution in [2.45, 2.75) is 38.1 Å². The van der Waals surface area contributed by atoms with Crippen LogP contribution in [0.5, 0.6) is 0 Å². The first-order chi connectivity index (χ1) is 19.4. The molecule has 5 heterocycles. The number of carbonyl (C=O) groups is 2. The maximum absolute atomic E-state index is 13.2. The summed E-state index contributed by atoms with van der Waals surface area (Å²) in [5.74, 6) is 1.37. The standard InChI is InChI=1S/C28H32ClN9O2/c1-37-16-31-14-24(37)27(40)38-7-6-18(15-38)9-25(39)35-23-5-4-20-10-19(23)3-2-17-8-21(12-30-11-17)34-28-32-13-22(29)26(33-20)36-28/h4-5,10-13,16-18,24H,2-3,6-9,14-15H2,1H3,(H,35,39)(H2,32,33,34,36)/t17?,18-,24?/m0/s1. The zero-order chi connectivity index (χ0) is 27.6. The highest BCUT2D eigenvalue weighted by atomic mass is 35.5. The van der Waals surface area contributed by atoms with Crippen LogP contribution >= 0.6 is 11.6 Å². The van der Waals surface area contributed by atoms with Crippen molar-refractivity contribution < 1.29 is 9.59 Å². The molecule has 3 N–H and O–H groups in total. The van der Waals surface area contributed by atoms with Crippen molar-refractivity contribution in [1.29, 1.82) is 0 Å². The number of aryl methyl sites for hydroxylation is 1. The molecule has 1 aromatic carbocycles. The summed E-state index contributed by atoms with van der Waals surface area (Å²) in [5, 5.41) is 10.1. The average Bonchev–Trinajstić information content (AvgIpc) is 3.59. The third-order valence-electron chi connectivity index (χ3n) is 7.84. The minimum atomic E-state index is -0.229. The fourth-order valence-corrected chi connectivity index (χ4v) is 5.79. The van der Waals surface area contributed by atoms with E-state index >= 15 is 0 Å². The van der Waals surface area contributed by atoms with E-state index in [4.69, 9.17) is 11.6 Å². The van der Waals surface area contributed by atoms with Gasteiger partial charge in [-0.2, -0.15) is 4.98 Å². The monoisotopic (exact) mass is 561 g/mol. The van der Waals surface area contributed by atoms with Crippen molar-refractivity contribution >= 4 is 59.1 Å². The Balaban J connectivity index is 1.15. The smallest absolute Gasteiger partial charge is 0.247 e. The van der Waals surface area contributed by atoms with Crippen LogP contribution in [0.3, 0.4) is 0 Å². The molecule has 4 aliphatic rings. The molecule has 3 atom stereocenters. The number of nitrogens with one attached hydrogen (secondary N) is 3. The topological polar surface area (TPSA) is 127 Å². The number of rotatable bonds is 4. The molecule has 0 saturated carbocycles. The Bertz CT molecular complexity index is 1410. The summed E-state index contributed by atoms with van der Waals surface area (Å²) < 4.78 is 0. The van der Waals surface area contributed by atoms with Crippen LogP contribution in [0.4, 0.5) is 23.1 Å². The van der Waals surface area contributed by atoms with Gasteiger partial charge in [-0.05, 0) is 55.4 Å². The second kappa shape index (κ2) is 11.2. The summed E-state index contributed by atoms with van der Waals surface area (Å²) in [6, 6.07) is 5.63. The van der Waals surface area contributed by atoms with Gasteiger partial charge in [-0.15, -0.1) is 0 Å². The minimum absolute atomic E-state index is 0.0439. The second-order valence-electron chi connectivity index (χ2n) is 10.8. The van der Waals surface area contributed by atoms with Gasteiger partial charge in [0.25, 0.3) is 0 Å². The maximum atomic E-state index is 13.2. The number of hydrogen-bond donors (Lipinski definition) is 3. The fraction of sp³-hybridized carbons (Fsp3) is 0.429. The third-order valence-corrected chi connectivity index (χ3v) is 8.12. The molecule has 2 amide bonds. The van der Waals surface area contributed by atoms with Gasteiger partial charge in [0.1, 0.15) is 11.1 Å². The minimum Gasteiger partial charge on any atom is -0.352 e. The molecule has 1 fully saturated rings. The number of carbonyl (C=O) groups excluding carboxylic acids is 2. The van der Waals surface area contributed by atoms with E-state index in [9.17, 15) is 9.59 Å². The summed E-state index contributed by atoms with van der Waals surface area (Å²) in [4.78, 5) is 47.3. The van der Waals surface area contributed by atoms with Crippen LogP contribution in [-0.2, 0) is 16.0 Å². The lowest BCUT2D eigenvalue weighted by molar-refractivity contribution is -0.133. The highest BCUT2D eigenvalue weighted by molar-refractivity contribution is 6.32. The number of amides is 2. The quantitative estimate of drug-likeness (QED) is 0.519. The van der Waals surface area contributed by atoms with Gasteiger partial charge in [0.05, 0.1) is 19.1 Å². The largest absolute Gasteiger partial charge is 0.352 e. The summed E-state index contributed by atoms with van der Waals surface area (Å²) >= 11 is 6.38. The van der Waals surface area contributed by atoms with Gasteiger partial charge in [0, 0.05) is 62.0 Å². The van der Waals surface area contributed by atoms with Crippen LogP contribution in [0, 0.1) is 11.8 Å². The molecule has 12 heteroatoms. The molecule has 208 valence electrons. The van der Waals surface area contributed by atoms with E-state index in [-0.39, 0.29) is 29.7 Å². The molecule has 40 heavy (non-hydrogen) atoms. The number of halogens is 1. The lowest BCUT2D eigenvalue weighted by Gasteiger charge is -2.24. The summed E-state index contributed by atoms with van der Waals surface area (Å²) in [6.45, 7) is 1.77. The van der Waals surface area contributed by atoms with E-state index in [0.717, 1.165) is 48.3 Å². The van der Waals surface area contributed by atoms with Crippen molar-refractivity contribution in [3.8, 4) is 0 Å². The number of aliphatic imine (C=N–C) groups is 2. The average molecular weight is 562 g/mol. The van der Waals surface area contributed by atoms with Crippen LogP contribution in [0.25, 0.3) is 0 Å². The van der Waals surface area contributed by atoms with Gasteiger partial charge in [0.15, 0.2) is 5.82 Å². The van der Waals surface area contributed by atoms with Crippen LogP contribution < -0.4 is 16.0 Å². The van der Waals surface area contributed by atoms with Gasteiger partial charge in [-0.3, -0.25) is 19.6 Å². The number of benzene rings is 1. The first-order valence-corrected chi connectivity index (χ1v) is 14.0. The molecule has 0 spiro atoms. The van der Waals surface area contributed by atoms with Crippen molar-refractivity contribution in [2.75, 3.05) is 42.6 Å². The zero-order valence-electron chi connectivity index (χ0n) is 22.3. The van der Waals surface area contributed by atoms with Gasteiger partial charge >= 0.3 is 0 Å². The number of aromatic nitrogens is 2. The molecule has 2 unspecified atom stereocenters. The third kappa shape index (κ3) is 5.79. The molecular weight excluding hydrogens is 530 g/mol. The number of likely N-dealkylation sites (N-methyl/N-ethyl adjacent to an activating group) is 1. The Morgan fingerprint density at radius 3 is 2.98 bits per heavy atom. The van der Waals surface area contributed by atoms with E-state index in [1.165, 1.54) is 0 Å². The van der Waals surface area contributed by atoms with E-state index in [1.807, 2.05) is 41.3 Å². The normalized spacial score (nSPS) is 23.4. The van der Waals surface area contributed by atoms with E-state index in [2.05, 4.69) is 35.9 Å². The Morgan fingerprint density at radius 1 is 1.23 bits per heavy atom. The lowest BCUT2D eigenvalue weighted by Crippen LogP contribution is -2.45. The van der Waals surface area contributed by atoms with Crippen molar-refractivity contribution in [2.24, 2.45) is 21.8 Å². The molecular formula is C28H32ClN9O2.